The zero-order valence-corrected chi connectivity index (χ0v) is 17.9. The summed E-state index contributed by atoms with van der Waals surface area (Å²) in [5, 5.41) is 0.347. The van der Waals surface area contributed by atoms with Gasteiger partial charge in [0.15, 0.2) is 5.15 Å². The van der Waals surface area contributed by atoms with Crippen LogP contribution in [0.3, 0.4) is 0 Å². The highest BCUT2D eigenvalue weighted by Crippen LogP contribution is 2.33. The molecule has 0 bridgehead atoms. The zero-order valence-electron chi connectivity index (χ0n) is 16.4. The number of benzene rings is 2. The Balaban J connectivity index is 1.41. The van der Waals surface area contributed by atoms with Gasteiger partial charge in [-0.05, 0) is 18.2 Å². The minimum absolute atomic E-state index is 0.118. The summed E-state index contributed by atoms with van der Waals surface area (Å²) < 4.78 is 11.0. The molecule has 4 rings (SSSR count). The van der Waals surface area contributed by atoms with Crippen LogP contribution in [0.15, 0.2) is 54.9 Å². The number of amides is 1. The standard InChI is InChI=1S/C22H17Cl2N3O4/c1-27(11-8-18-14-4-2-3-5-15(14)22(29)31-18)21(28)16-7-6-13(12-17(16)23)30-20-19(24)25-9-10-26-20/h2-7,9-10,12,18H,8,11H2,1H3. The molecular formula is C22H17Cl2N3O4. The number of hydrogen-bond acceptors (Lipinski definition) is 6. The van der Waals surface area contributed by atoms with E-state index in [4.69, 9.17) is 32.7 Å². The normalized spacial score (nSPS) is 14.7. The van der Waals surface area contributed by atoms with Gasteiger partial charge in [-0.2, -0.15) is 0 Å². The highest BCUT2D eigenvalue weighted by atomic mass is 35.5. The molecule has 9 heteroatoms. The Bertz CT molecular complexity index is 1160. The quantitative estimate of drug-likeness (QED) is 0.487. The first-order chi connectivity index (χ1) is 14.9. The summed E-state index contributed by atoms with van der Waals surface area (Å²) in [5.74, 6) is -0.0768. The van der Waals surface area contributed by atoms with Crippen LogP contribution in [0.2, 0.25) is 10.2 Å². The van der Waals surface area contributed by atoms with Crippen LogP contribution in [0, 0.1) is 0 Å². The second-order valence-electron chi connectivity index (χ2n) is 6.89. The lowest BCUT2D eigenvalue weighted by atomic mass is 10.0. The summed E-state index contributed by atoms with van der Waals surface area (Å²) in [4.78, 5) is 34.2. The van der Waals surface area contributed by atoms with Gasteiger partial charge in [-0.15, -0.1) is 0 Å². The van der Waals surface area contributed by atoms with Crippen LogP contribution in [0.4, 0.5) is 0 Å². The van der Waals surface area contributed by atoms with E-state index in [2.05, 4.69) is 9.97 Å². The predicted octanol–water partition coefficient (Wildman–Crippen LogP) is 4.95. The molecule has 0 spiro atoms. The number of ether oxygens (including phenoxy) is 2. The Kier molecular flexibility index (Phi) is 6.06. The molecule has 0 saturated heterocycles. The smallest absolute Gasteiger partial charge is 0.339 e. The average molecular weight is 458 g/mol. The number of cyclic esters (lactones) is 1. The van der Waals surface area contributed by atoms with Gasteiger partial charge in [0.2, 0.25) is 0 Å². The number of carbonyl (C=O) groups excluding carboxylic acids is 2. The van der Waals surface area contributed by atoms with Crippen molar-refractivity contribution >= 4 is 35.1 Å². The molecular weight excluding hydrogens is 441 g/mol. The fraction of sp³-hybridized carbons (Fsp3) is 0.182. The number of carbonyl (C=O) groups is 2. The van der Waals surface area contributed by atoms with E-state index >= 15 is 0 Å². The maximum absolute atomic E-state index is 12.9. The minimum atomic E-state index is -0.373. The summed E-state index contributed by atoms with van der Waals surface area (Å²) in [7, 11) is 1.67. The number of nitrogens with zero attached hydrogens (tertiary/aromatic N) is 3. The highest BCUT2D eigenvalue weighted by Gasteiger charge is 2.30. The molecule has 7 nitrogen and oxygen atoms in total. The van der Waals surface area contributed by atoms with E-state index in [1.807, 2.05) is 12.1 Å². The van der Waals surface area contributed by atoms with Crippen LogP contribution in [-0.4, -0.2) is 40.3 Å². The average Bonchev–Trinajstić information content (AvgIpc) is 3.09. The molecule has 0 radical (unpaired) electrons. The third kappa shape index (κ3) is 4.47. The molecule has 2 aromatic carbocycles. The van der Waals surface area contributed by atoms with Crippen molar-refractivity contribution in [3.05, 3.63) is 81.7 Å². The third-order valence-electron chi connectivity index (χ3n) is 4.86. The molecule has 158 valence electrons. The van der Waals surface area contributed by atoms with Crippen LogP contribution < -0.4 is 4.74 Å². The molecule has 0 fully saturated rings. The fourth-order valence-electron chi connectivity index (χ4n) is 3.27. The fourth-order valence-corrected chi connectivity index (χ4v) is 3.67. The van der Waals surface area contributed by atoms with Gasteiger partial charge in [0, 0.05) is 44.0 Å². The molecule has 0 N–H and O–H groups in total. The molecule has 0 saturated carbocycles. The van der Waals surface area contributed by atoms with Gasteiger partial charge >= 0.3 is 5.97 Å². The van der Waals surface area contributed by atoms with Crippen molar-refractivity contribution in [2.24, 2.45) is 0 Å². The molecule has 0 aliphatic carbocycles. The number of hydrogen-bond donors (Lipinski definition) is 0. The number of aromatic nitrogens is 2. The van der Waals surface area contributed by atoms with Gasteiger partial charge in [-0.25, -0.2) is 14.8 Å². The Labute approximate surface area is 188 Å². The number of esters is 1. The van der Waals surface area contributed by atoms with Crippen LogP contribution in [-0.2, 0) is 4.74 Å². The summed E-state index contributed by atoms with van der Waals surface area (Å²) in [6, 6.07) is 12.0. The first-order valence-corrected chi connectivity index (χ1v) is 10.2. The molecule has 2 heterocycles. The van der Waals surface area contributed by atoms with Crippen molar-refractivity contribution in [2.45, 2.75) is 12.5 Å². The topological polar surface area (TPSA) is 81.6 Å². The lowest BCUT2D eigenvalue weighted by Crippen LogP contribution is -2.29. The molecule has 1 amide bonds. The van der Waals surface area contributed by atoms with Gasteiger partial charge in [-0.3, -0.25) is 4.79 Å². The van der Waals surface area contributed by atoms with Crippen LogP contribution in [0.25, 0.3) is 0 Å². The summed E-state index contributed by atoms with van der Waals surface area (Å²) in [5.41, 5.74) is 1.74. The second kappa shape index (κ2) is 8.91. The molecule has 1 unspecified atom stereocenters. The summed E-state index contributed by atoms with van der Waals surface area (Å²) in [6.07, 6.45) is 3.01. The Morgan fingerprint density at radius 3 is 2.71 bits per heavy atom. The van der Waals surface area contributed by atoms with E-state index in [1.165, 1.54) is 23.4 Å². The minimum Gasteiger partial charge on any atom is -0.454 e. The number of rotatable bonds is 6. The molecule has 3 aromatic rings. The van der Waals surface area contributed by atoms with Gasteiger partial charge in [0.05, 0.1) is 16.1 Å². The van der Waals surface area contributed by atoms with Crippen molar-refractivity contribution in [2.75, 3.05) is 13.6 Å². The Morgan fingerprint density at radius 2 is 1.94 bits per heavy atom. The summed E-state index contributed by atoms with van der Waals surface area (Å²) in [6.45, 7) is 0.384. The maximum Gasteiger partial charge on any atom is 0.339 e. The Hall–Kier alpha value is -3.16. The zero-order chi connectivity index (χ0) is 22.0. The van der Waals surface area contributed by atoms with E-state index in [0.717, 1.165) is 5.56 Å². The third-order valence-corrected chi connectivity index (χ3v) is 5.43. The van der Waals surface area contributed by atoms with Crippen molar-refractivity contribution in [1.82, 2.24) is 14.9 Å². The first kappa shape index (κ1) is 21.1. The van der Waals surface area contributed by atoms with Gasteiger partial charge in [0.1, 0.15) is 11.9 Å². The number of fused-ring (bicyclic) bond motifs is 1. The molecule has 31 heavy (non-hydrogen) atoms. The summed E-state index contributed by atoms with van der Waals surface area (Å²) >= 11 is 12.3. The SMILES string of the molecule is CN(CCC1OC(=O)c2ccccc21)C(=O)c1ccc(Oc2nccnc2Cl)cc1Cl. The van der Waals surface area contributed by atoms with E-state index in [9.17, 15) is 9.59 Å². The van der Waals surface area contributed by atoms with Gasteiger partial charge < -0.3 is 14.4 Å². The van der Waals surface area contributed by atoms with E-state index < -0.39 is 0 Å². The van der Waals surface area contributed by atoms with E-state index in [0.29, 0.717) is 29.8 Å². The lowest BCUT2D eigenvalue weighted by molar-refractivity contribution is 0.0349. The van der Waals surface area contributed by atoms with Crippen molar-refractivity contribution in [3.63, 3.8) is 0 Å². The number of halogens is 2. The molecule has 1 atom stereocenters. The van der Waals surface area contributed by atoms with Gasteiger partial charge in [-0.1, -0.05) is 41.4 Å². The molecule has 1 aliphatic rings. The van der Waals surface area contributed by atoms with E-state index in [1.54, 1.807) is 31.3 Å². The van der Waals surface area contributed by atoms with E-state index in [-0.39, 0.29) is 34.0 Å². The predicted molar refractivity (Wildman–Crippen MR) is 115 cm³/mol. The van der Waals surface area contributed by atoms with Crippen molar-refractivity contribution in [3.8, 4) is 11.6 Å². The Morgan fingerprint density at radius 1 is 1.16 bits per heavy atom. The maximum atomic E-state index is 12.9. The largest absolute Gasteiger partial charge is 0.454 e. The molecule has 1 aliphatic heterocycles. The highest BCUT2D eigenvalue weighted by molar-refractivity contribution is 6.34. The van der Waals surface area contributed by atoms with Crippen LogP contribution >= 0.6 is 23.2 Å². The first-order valence-electron chi connectivity index (χ1n) is 9.43. The second-order valence-corrected chi connectivity index (χ2v) is 7.66. The van der Waals surface area contributed by atoms with Crippen molar-refractivity contribution in [1.29, 1.82) is 0 Å². The van der Waals surface area contributed by atoms with Gasteiger partial charge in [0.25, 0.3) is 11.8 Å². The van der Waals surface area contributed by atoms with Crippen LogP contribution in [0.5, 0.6) is 11.6 Å². The van der Waals surface area contributed by atoms with Crippen LogP contribution in [0.1, 0.15) is 38.8 Å². The molecule has 1 aromatic heterocycles. The lowest BCUT2D eigenvalue weighted by Gasteiger charge is -2.20. The van der Waals surface area contributed by atoms with Crippen molar-refractivity contribution < 1.29 is 19.1 Å². The monoisotopic (exact) mass is 457 g/mol.